The second kappa shape index (κ2) is 4.28. The van der Waals surface area contributed by atoms with Crippen molar-refractivity contribution in [3.05, 3.63) is 36.0 Å². The molecule has 0 saturated heterocycles. The van der Waals surface area contributed by atoms with Crippen molar-refractivity contribution in [2.75, 3.05) is 0 Å². The number of aromatic nitrogens is 1. The maximum absolute atomic E-state index is 11.3. The smallest absolute Gasteiger partial charge is 0.160 e. The number of benzene rings is 1. The van der Waals surface area contributed by atoms with Crippen LogP contribution in [-0.2, 0) is 0 Å². The van der Waals surface area contributed by atoms with Crippen LogP contribution >= 0.6 is 12.4 Å². The van der Waals surface area contributed by atoms with Crippen LogP contribution < -0.4 is 0 Å². The quantitative estimate of drug-likeness (QED) is 0.756. The van der Waals surface area contributed by atoms with Crippen molar-refractivity contribution in [3.63, 3.8) is 0 Å². The van der Waals surface area contributed by atoms with Crippen LogP contribution in [0.4, 0.5) is 0 Å². The number of aromatic hydroxyl groups is 1. The number of rotatable bonds is 1. The Hall–Kier alpha value is -1.61. The average molecular weight is 224 g/mol. The molecule has 1 aromatic heterocycles. The first kappa shape index (κ1) is 11.5. The van der Waals surface area contributed by atoms with E-state index in [0.29, 0.717) is 16.5 Å². The van der Waals surface area contributed by atoms with Gasteiger partial charge in [-0.05, 0) is 25.1 Å². The van der Waals surface area contributed by atoms with Gasteiger partial charge in [0.05, 0.1) is 0 Å². The van der Waals surface area contributed by atoms with Crippen LogP contribution in [0.3, 0.4) is 0 Å². The molecule has 0 atom stereocenters. The standard InChI is InChI=1S/C11H9NO2.ClH/c1-7(13)8-4-5-10(14)11-9(8)3-2-6-12-11;/h2-6,14H,1H3;1H. The molecule has 1 heterocycles. The van der Waals surface area contributed by atoms with Crippen molar-refractivity contribution in [3.8, 4) is 5.75 Å². The predicted molar refractivity (Wildman–Crippen MR) is 60.7 cm³/mol. The van der Waals surface area contributed by atoms with E-state index >= 15 is 0 Å². The van der Waals surface area contributed by atoms with Gasteiger partial charge < -0.3 is 5.11 Å². The van der Waals surface area contributed by atoms with E-state index in [9.17, 15) is 9.90 Å². The van der Waals surface area contributed by atoms with Gasteiger partial charge in [-0.1, -0.05) is 6.07 Å². The van der Waals surface area contributed by atoms with Gasteiger partial charge in [0.2, 0.25) is 0 Å². The monoisotopic (exact) mass is 223 g/mol. The number of nitrogens with zero attached hydrogens (tertiary/aromatic N) is 1. The third-order valence-electron chi connectivity index (χ3n) is 2.13. The van der Waals surface area contributed by atoms with Crippen LogP contribution in [0.25, 0.3) is 10.9 Å². The predicted octanol–water partition coefficient (Wildman–Crippen LogP) is 2.56. The molecule has 0 unspecified atom stereocenters. The van der Waals surface area contributed by atoms with Crippen LogP contribution in [0, 0.1) is 0 Å². The average Bonchev–Trinajstić information content (AvgIpc) is 2.18. The van der Waals surface area contributed by atoms with Gasteiger partial charge in [-0.15, -0.1) is 12.4 Å². The number of hydrogen-bond donors (Lipinski definition) is 1. The van der Waals surface area contributed by atoms with Gasteiger partial charge in [0.1, 0.15) is 11.3 Å². The molecule has 4 heteroatoms. The third-order valence-corrected chi connectivity index (χ3v) is 2.13. The van der Waals surface area contributed by atoms with Gasteiger partial charge in [-0.25, -0.2) is 0 Å². The summed E-state index contributed by atoms with van der Waals surface area (Å²) in [5.74, 6) is 0.0774. The lowest BCUT2D eigenvalue weighted by Gasteiger charge is -2.03. The van der Waals surface area contributed by atoms with Gasteiger partial charge in [-0.3, -0.25) is 9.78 Å². The lowest BCUT2D eigenvalue weighted by molar-refractivity contribution is 0.101. The van der Waals surface area contributed by atoms with Crippen molar-refractivity contribution >= 4 is 29.1 Å². The van der Waals surface area contributed by atoms with Gasteiger partial charge >= 0.3 is 0 Å². The summed E-state index contributed by atoms with van der Waals surface area (Å²) in [6.07, 6.45) is 1.59. The van der Waals surface area contributed by atoms with E-state index in [4.69, 9.17) is 0 Å². The zero-order valence-corrected chi connectivity index (χ0v) is 8.91. The highest BCUT2D eigenvalue weighted by Gasteiger charge is 2.08. The Bertz CT molecular complexity index is 511. The summed E-state index contributed by atoms with van der Waals surface area (Å²) in [5, 5.41) is 10.2. The fourth-order valence-electron chi connectivity index (χ4n) is 1.46. The van der Waals surface area contributed by atoms with E-state index < -0.39 is 0 Å². The molecule has 78 valence electrons. The van der Waals surface area contributed by atoms with Gasteiger partial charge in [0.15, 0.2) is 5.78 Å². The molecule has 1 N–H and O–H groups in total. The molecule has 0 aliphatic rings. The maximum atomic E-state index is 11.3. The van der Waals surface area contributed by atoms with Crippen LogP contribution in [-0.4, -0.2) is 15.9 Å². The number of ketones is 1. The summed E-state index contributed by atoms with van der Waals surface area (Å²) < 4.78 is 0. The second-order valence-electron chi connectivity index (χ2n) is 3.09. The normalized spacial score (nSPS) is 9.67. The Balaban J connectivity index is 0.00000112. The first-order valence-corrected chi connectivity index (χ1v) is 4.28. The van der Waals surface area contributed by atoms with Crippen molar-refractivity contribution in [1.29, 1.82) is 0 Å². The maximum Gasteiger partial charge on any atom is 0.160 e. The zero-order chi connectivity index (χ0) is 10.1. The Labute approximate surface area is 93.2 Å². The van der Waals surface area contributed by atoms with Crippen molar-refractivity contribution < 1.29 is 9.90 Å². The number of carbonyl (C=O) groups excluding carboxylic acids is 1. The Morgan fingerprint density at radius 3 is 2.73 bits per heavy atom. The first-order chi connectivity index (χ1) is 6.70. The largest absolute Gasteiger partial charge is 0.506 e. The third kappa shape index (κ3) is 1.92. The first-order valence-electron chi connectivity index (χ1n) is 4.28. The molecule has 1 aromatic carbocycles. The SMILES string of the molecule is CC(=O)c1ccc(O)c2ncccc12.Cl. The van der Waals surface area contributed by atoms with Gasteiger partial charge in [0.25, 0.3) is 0 Å². The number of phenols is 1. The molecule has 15 heavy (non-hydrogen) atoms. The molecular weight excluding hydrogens is 214 g/mol. The van der Waals surface area contributed by atoms with E-state index in [-0.39, 0.29) is 23.9 Å². The van der Waals surface area contributed by atoms with Gasteiger partial charge in [0, 0.05) is 17.1 Å². The van der Waals surface area contributed by atoms with Crippen molar-refractivity contribution in [1.82, 2.24) is 4.98 Å². The molecule has 0 amide bonds. The van der Waals surface area contributed by atoms with E-state index in [1.165, 1.54) is 13.0 Å². The summed E-state index contributed by atoms with van der Waals surface area (Å²) in [6.45, 7) is 1.50. The van der Waals surface area contributed by atoms with E-state index in [1.807, 2.05) is 0 Å². The molecule has 0 saturated carbocycles. The Morgan fingerprint density at radius 2 is 2.07 bits per heavy atom. The van der Waals surface area contributed by atoms with Crippen LogP contribution in [0.15, 0.2) is 30.5 Å². The van der Waals surface area contributed by atoms with E-state index in [2.05, 4.69) is 4.98 Å². The Kier molecular flexibility index (Phi) is 3.27. The topological polar surface area (TPSA) is 50.2 Å². The highest BCUT2D eigenvalue weighted by atomic mass is 35.5. The molecule has 0 bridgehead atoms. The molecule has 0 radical (unpaired) electrons. The van der Waals surface area contributed by atoms with Crippen LogP contribution in [0.2, 0.25) is 0 Å². The molecule has 2 aromatic rings. The summed E-state index contributed by atoms with van der Waals surface area (Å²) in [5.41, 5.74) is 1.06. The van der Waals surface area contributed by atoms with Crippen molar-refractivity contribution in [2.45, 2.75) is 6.92 Å². The zero-order valence-electron chi connectivity index (χ0n) is 8.10. The number of phenolic OH excluding ortho intramolecular Hbond substituents is 1. The minimum Gasteiger partial charge on any atom is -0.506 e. The highest BCUT2D eigenvalue weighted by Crippen LogP contribution is 2.25. The minimum absolute atomic E-state index is 0. The summed E-state index contributed by atoms with van der Waals surface area (Å²) >= 11 is 0. The molecule has 3 nitrogen and oxygen atoms in total. The van der Waals surface area contributed by atoms with Crippen molar-refractivity contribution in [2.24, 2.45) is 0 Å². The lowest BCUT2D eigenvalue weighted by atomic mass is 10.1. The number of hydrogen-bond acceptors (Lipinski definition) is 3. The van der Waals surface area contributed by atoms with Crippen LogP contribution in [0.1, 0.15) is 17.3 Å². The summed E-state index contributed by atoms with van der Waals surface area (Å²) in [7, 11) is 0. The minimum atomic E-state index is -0.0250. The summed E-state index contributed by atoms with van der Waals surface area (Å²) in [4.78, 5) is 15.3. The molecule has 0 fully saturated rings. The number of pyridine rings is 1. The fraction of sp³-hybridized carbons (Fsp3) is 0.0909. The Morgan fingerprint density at radius 1 is 1.33 bits per heavy atom. The number of Topliss-reactive ketones (excluding diaryl/α,β-unsaturated/α-hetero) is 1. The van der Waals surface area contributed by atoms with E-state index in [1.54, 1.807) is 24.4 Å². The fourth-order valence-corrected chi connectivity index (χ4v) is 1.46. The number of carbonyl (C=O) groups is 1. The number of halogens is 1. The molecular formula is C11H10ClNO2. The second-order valence-corrected chi connectivity index (χ2v) is 3.09. The molecule has 2 rings (SSSR count). The van der Waals surface area contributed by atoms with Crippen LogP contribution in [0.5, 0.6) is 5.75 Å². The van der Waals surface area contributed by atoms with E-state index in [0.717, 1.165) is 0 Å². The molecule has 0 spiro atoms. The molecule has 0 aliphatic heterocycles. The highest BCUT2D eigenvalue weighted by molar-refractivity contribution is 6.07. The van der Waals surface area contributed by atoms with Gasteiger partial charge in [-0.2, -0.15) is 0 Å². The lowest BCUT2D eigenvalue weighted by Crippen LogP contribution is -1.94. The summed E-state index contributed by atoms with van der Waals surface area (Å²) in [6, 6.07) is 6.63. The number of fused-ring (bicyclic) bond motifs is 1. The molecule has 0 aliphatic carbocycles.